The topological polar surface area (TPSA) is 43.8 Å². The van der Waals surface area contributed by atoms with E-state index in [-0.39, 0.29) is 11.1 Å². The Morgan fingerprint density at radius 2 is 2.21 bits per heavy atom. The quantitative estimate of drug-likeness (QED) is 0.935. The maximum atomic E-state index is 13.4. The summed E-state index contributed by atoms with van der Waals surface area (Å²) in [6.45, 7) is 4.75. The van der Waals surface area contributed by atoms with Crippen molar-refractivity contribution in [2.45, 2.75) is 32.9 Å². The number of hydrogen-bond acceptors (Lipinski definition) is 2. The van der Waals surface area contributed by atoms with Gasteiger partial charge in [0.15, 0.2) is 0 Å². The lowest BCUT2D eigenvalue weighted by Crippen LogP contribution is -2.16. The zero-order valence-electron chi connectivity index (χ0n) is 11.0. The average molecular weight is 282 g/mol. The largest absolute Gasteiger partial charge is 0.324 e. The monoisotopic (exact) mass is 281 g/mol. The number of rotatable bonds is 4. The van der Waals surface area contributed by atoms with E-state index in [2.05, 4.69) is 5.10 Å². The van der Waals surface area contributed by atoms with Crippen LogP contribution in [-0.4, -0.2) is 9.78 Å². The van der Waals surface area contributed by atoms with Crippen LogP contribution in [0.5, 0.6) is 0 Å². The molecular formula is C14H17ClFN3. The molecule has 19 heavy (non-hydrogen) atoms. The highest BCUT2D eigenvalue weighted by Gasteiger charge is 2.16. The van der Waals surface area contributed by atoms with E-state index in [9.17, 15) is 4.39 Å². The summed E-state index contributed by atoms with van der Waals surface area (Å²) in [5.74, 6) is -0.435. The van der Waals surface area contributed by atoms with Crippen LogP contribution in [0.15, 0.2) is 24.3 Å². The Bertz CT molecular complexity index is 580. The summed E-state index contributed by atoms with van der Waals surface area (Å²) in [6, 6.07) is 6.37. The van der Waals surface area contributed by atoms with Gasteiger partial charge in [-0.25, -0.2) is 4.39 Å². The standard InChI is InChI=1S/C14H17ClFN3/c1-3-19-10(7-9(2)18-19)8-13(17)11-5-4-6-12(16)14(11)15/h4-7,13H,3,8,17H2,1-2H3. The molecule has 0 amide bonds. The molecule has 1 heterocycles. The Balaban J connectivity index is 2.25. The highest BCUT2D eigenvalue weighted by Crippen LogP contribution is 2.26. The van der Waals surface area contributed by atoms with Crippen LogP contribution in [-0.2, 0) is 13.0 Å². The van der Waals surface area contributed by atoms with Crippen LogP contribution in [0.4, 0.5) is 4.39 Å². The van der Waals surface area contributed by atoms with Crippen LogP contribution in [0.25, 0.3) is 0 Å². The van der Waals surface area contributed by atoms with E-state index in [0.29, 0.717) is 12.0 Å². The van der Waals surface area contributed by atoms with Crippen molar-refractivity contribution in [2.75, 3.05) is 0 Å². The van der Waals surface area contributed by atoms with E-state index >= 15 is 0 Å². The van der Waals surface area contributed by atoms with Gasteiger partial charge in [-0.15, -0.1) is 0 Å². The molecular weight excluding hydrogens is 265 g/mol. The summed E-state index contributed by atoms with van der Waals surface area (Å²) in [5.41, 5.74) is 8.75. The summed E-state index contributed by atoms with van der Waals surface area (Å²) in [5, 5.41) is 4.48. The lowest BCUT2D eigenvalue weighted by atomic mass is 10.0. The summed E-state index contributed by atoms with van der Waals surface area (Å²) in [7, 11) is 0. The molecule has 1 aromatic heterocycles. The third-order valence-electron chi connectivity index (χ3n) is 3.10. The van der Waals surface area contributed by atoms with Crippen LogP contribution < -0.4 is 5.73 Å². The predicted octanol–water partition coefficient (Wildman–Crippen LogP) is 3.25. The van der Waals surface area contributed by atoms with Gasteiger partial charge in [0, 0.05) is 24.7 Å². The molecule has 5 heteroatoms. The van der Waals surface area contributed by atoms with Gasteiger partial charge in [0.1, 0.15) is 5.82 Å². The van der Waals surface area contributed by atoms with E-state index in [1.807, 2.05) is 24.6 Å². The first-order chi connectivity index (χ1) is 9.02. The number of hydrogen-bond donors (Lipinski definition) is 1. The Morgan fingerprint density at radius 1 is 1.47 bits per heavy atom. The smallest absolute Gasteiger partial charge is 0.142 e. The SMILES string of the molecule is CCn1nc(C)cc1CC(N)c1cccc(F)c1Cl. The van der Waals surface area contributed by atoms with E-state index < -0.39 is 5.82 Å². The van der Waals surface area contributed by atoms with Crippen LogP contribution >= 0.6 is 11.6 Å². The van der Waals surface area contributed by atoms with Gasteiger partial charge in [-0.2, -0.15) is 5.10 Å². The van der Waals surface area contributed by atoms with Crippen LogP contribution in [0.1, 0.15) is 29.9 Å². The molecule has 0 aliphatic heterocycles. The second kappa shape index (κ2) is 5.72. The molecule has 0 radical (unpaired) electrons. The number of halogens is 2. The Morgan fingerprint density at radius 3 is 2.89 bits per heavy atom. The molecule has 1 atom stereocenters. The van der Waals surface area contributed by atoms with E-state index in [1.165, 1.54) is 6.07 Å². The second-order valence-electron chi connectivity index (χ2n) is 4.55. The van der Waals surface area contributed by atoms with Crippen molar-refractivity contribution in [1.82, 2.24) is 9.78 Å². The molecule has 1 aromatic carbocycles. The average Bonchev–Trinajstić information content (AvgIpc) is 2.72. The third kappa shape index (κ3) is 2.96. The molecule has 0 fully saturated rings. The van der Waals surface area contributed by atoms with Crippen LogP contribution in [0.2, 0.25) is 5.02 Å². The maximum absolute atomic E-state index is 13.4. The molecule has 2 N–H and O–H groups in total. The van der Waals surface area contributed by atoms with Gasteiger partial charge < -0.3 is 5.73 Å². The molecule has 3 nitrogen and oxygen atoms in total. The van der Waals surface area contributed by atoms with Gasteiger partial charge in [0.2, 0.25) is 0 Å². The minimum absolute atomic E-state index is 0.106. The summed E-state index contributed by atoms with van der Waals surface area (Å²) >= 11 is 5.96. The first-order valence-corrected chi connectivity index (χ1v) is 6.63. The summed E-state index contributed by atoms with van der Waals surface area (Å²) < 4.78 is 15.3. The van der Waals surface area contributed by atoms with Gasteiger partial charge in [-0.3, -0.25) is 4.68 Å². The number of nitrogens with two attached hydrogens (primary N) is 1. The maximum Gasteiger partial charge on any atom is 0.142 e. The zero-order chi connectivity index (χ0) is 14.0. The Kier molecular flexibility index (Phi) is 4.22. The summed E-state index contributed by atoms with van der Waals surface area (Å²) in [4.78, 5) is 0. The Hall–Kier alpha value is -1.39. The minimum Gasteiger partial charge on any atom is -0.324 e. The molecule has 2 aromatic rings. The predicted molar refractivity (Wildman–Crippen MR) is 74.7 cm³/mol. The lowest BCUT2D eigenvalue weighted by molar-refractivity contribution is 0.582. The highest BCUT2D eigenvalue weighted by molar-refractivity contribution is 6.31. The molecule has 0 saturated heterocycles. The number of aromatic nitrogens is 2. The van der Waals surface area contributed by atoms with E-state index in [1.54, 1.807) is 12.1 Å². The third-order valence-corrected chi connectivity index (χ3v) is 3.49. The fraction of sp³-hybridized carbons (Fsp3) is 0.357. The van der Waals surface area contributed by atoms with E-state index in [0.717, 1.165) is 17.9 Å². The van der Waals surface area contributed by atoms with Crippen molar-refractivity contribution < 1.29 is 4.39 Å². The molecule has 0 aliphatic rings. The molecule has 0 aliphatic carbocycles. The molecule has 2 rings (SSSR count). The van der Waals surface area contributed by atoms with Crippen molar-refractivity contribution in [3.8, 4) is 0 Å². The molecule has 102 valence electrons. The van der Waals surface area contributed by atoms with Crippen molar-refractivity contribution in [3.05, 3.63) is 52.1 Å². The fourth-order valence-corrected chi connectivity index (χ4v) is 2.45. The van der Waals surface area contributed by atoms with Gasteiger partial charge in [0.25, 0.3) is 0 Å². The summed E-state index contributed by atoms with van der Waals surface area (Å²) in [6.07, 6.45) is 0.581. The van der Waals surface area contributed by atoms with Crippen molar-refractivity contribution >= 4 is 11.6 Å². The lowest BCUT2D eigenvalue weighted by Gasteiger charge is -2.14. The number of benzene rings is 1. The Labute approximate surface area is 117 Å². The normalized spacial score (nSPS) is 12.7. The van der Waals surface area contributed by atoms with Gasteiger partial charge in [0.05, 0.1) is 10.7 Å². The highest BCUT2D eigenvalue weighted by atomic mass is 35.5. The van der Waals surface area contributed by atoms with Gasteiger partial charge in [-0.1, -0.05) is 23.7 Å². The van der Waals surface area contributed by atoms with Crippen LogP contribution in [0.3, 0.4) is 0 Å². The first kappa shape index (κ1) is 14.0. The first-order valence-electron chi connectivity index (χ1n) is 6.25. The van der Waals surface area contributed by atoms with Crippen molar-refractivity contribution in [2.24, 2.45) is 5.73 Å². The number of nitrogens with zero attached hydrogens (tertiary/aromatic N) is 2. The minimum atomic E-state index is -0.435. The van der Waals surface area contributed by atoms with Gasteiger partial charge in [-0.05, 0) is 31.5 Å². The fourth-order valence-electron chi connectivity index (χ4n) is 2.18. The molecule has 0 spiro atoms. The zero-order valence-corrected chi connectivity index (χ0v) is 11.8. The molecule has 1 unspecified atom stereocenters. The van der Waals surface area contributed by atoms with Gasteiger partial charge >= 0.3 is 0 Å². The molecule has 0 saturated carbocycles. The van der Waals surface area contributed by atoms with Crippen LogP contribution in [0, 0.1) is 12.7 Å². The number of aryl methyl sites for hydroxylation is 2. The van der Waals surface area contributed by atoms with Crippen molar-refractivity contribution in [1.29, 1.82) is 0 Å². The van der Waals surface area contributed by atoms with Crippen molar-refractivity contribution in [3.63, 3.8) is 0 Å². The molecule has 0 bridgehead atoms. The second-order valence-corrected chi connectivity index (χ2v) is 4.92. The van der Waals surface area contributed by atoms with E-state index in [4.69, 9.17) is 17.3 Å².